The zero-order valence-electron chi connectivity index (χ0n) is 15.7. The van der Waals surface area contributed by atoms with Crippen LogP contribution in [0, 0.1) is 0 Å². The number of nitrogens with zero attached hydrogens (tertiary/aromatic N) is 2. The second-order valence-corrected chi connectivity index (χ2v) is 7.29. The van der Waals surface area contributed by atoms with E-state index in [0.717, 1.165) is 22.4 Å². The first-order valence-corrected chi connectivity index (χ1v) is 9.91. The summed E-state index contributed by atoms with van der Waals surface area (Å²) in [4.78, 5) is 18.9. The van der Waals surface area contributed by atoms with Gasteiger partial charge in [0.25, 0.3) is 5.91 Å². The first-order valence-electron chi connectivity index (χ1n) is 8.97. The molecule has 142 valence electrons. The van der Waals surface area contributed by atoms with E-state index in [4.69, 9.17) is 9.15 Å². The van der Waals surface area contributed by atoms with Gasteiger partial charge in [0.05, 0.1) is 17.2 Å². The lowest BCUT2D eigenvalue weighted by molar-refractivity contribution is 0.0727. The summed E-state index contributed by atoms with van der Waals surface area (Å²) in [7, 11) is 1.78. The predicted molar refractivity (Wildman–Crippen MR) is 110 cm³/mol. The van der Waals surface area contributed by atoms with Crippen molar-refractivity contribution in [2.24, 2.45) is 0 Å². The second kappa shape index (κ2) is 7.86. The smallest absolute Gasteiger partial charge is 0.254 e. The molecule has 2 aromatic carbocycles. The van der Waals surface area contributed by atoms with Gasteiger partial charge in [0.1, 0.15) is 23.7 Å². The van der Waals surface area contributed by atoms with Crippen molar-refractivity contribution in [2.75, 3.05) is 7.05 Å². The van der Waals surface area contributed by atoms with Crippen LogP contribution >= 0.6 is 11.3 Å². The maximum absolute atomic E-state index is 13.0. The molecule has 0 bridgehead atoms. The summed E-state index contributed by atoms with van der Waals surface area (Å²) in [6, 6.07) is 16.8. The van der Waals surface area contributed by atoms with Crippen molar-refractivity contribution < 1.29 is 13.9 Å². The molecule has 28 heavy (non-hydrogen) atoms. The minimum Gasteiger partial charge on any atom is -0.487 e. The minimum atomic E-state index is -0.195. The van der Waals surface area contributed by atoms with Gasteiger partial charge in [0, 0.05) is 23.4 Å². The van der Waals surface area contributed by atoms with E-state index in [0.29, 0.717) is 17.9 Å². The fourth-order valence-electron chi connectivity index (χ4n) is 2.96. The number of aromatic nitrogens is 1. The highest BCUT2D eigenvalue weighted by molar-refractivity contribution is 7.07. The quantitative estimate of drug-likeness (QED) is 0.447. The number of para-hydroxylation sites is 1. The van der Waals surface area contributed by atoms with Gasteiger partial charge in [-0.05, 0) is 37.3 Å². The SMILES string of the molecule is CC(c1cc2ccccc2o1)N(C)C(=O)c1cccc(OCc2cscn2)c1. The summed E-state index contributed by atoms with van der Waals surface area (Å²) in [6.07, 6.45) is 0. The van der Waals surface area contributed by atoms with E-state index in [-0.39, 0.29) is 11.9 Å². The molecule has 0 saturated carbocycles. The van der Waals surface area contributed by atoms with Crippen molar-refractivity contribution in [1.29, 1.82) is 0 Å². The van der Waals surface area contributed by atoms with Crippen molar-refractivity contribution in [3.63, 3.8) is 0 Å². The maximum atomic E-state index is 13.0. The highest BCUT2D eigenvalue weighted by Gasteiger charge is 2.22. The molecule has 2 aromatic heterocycles. The number of carbonyl (C=O) groups excluding carboxylic acids is 1. The first-order chi connectivity index (χ1) is 13.6. The van der Waals surface area contributed by atoms with Crippen LogP contribution in [0.2, 0.25) is 0 Å². The van der Waals surface area contributed by atoms with E-state index in [1.807, 2.05) is 54.8 Å². The fourth-order valence-corrected chi connectivity index (χ4v) is 3.51. The summed E-state index contributed by atoms with van der Waals surface area (Å²) in [6.45, 7) is 2.34. The topological polar surface area (TPSA) is 55.6 Å². The van der Waals surface area contributed by atoms with Crippen LogP contribution in [-0.4, -0.2) is 22.8 Å². The summed E-state index contributed by atoms with van der Waals surface area (Å²) < 4.78 is 11.7. The Morgan fingerprint density at radius 2 is 2.07 bits per heavy atom. The van der Waals surface area contributed by atoms with Gasteiger partial charge in [-0.3, -0.25) is 4.79 Å². The maximum Gasteiger partial charge on any atom is 0.254 e. The summed E-state index contributed by atoms with van der Waals surface area (Å²) in [5.74, 6) is 1.31. The molecule has 1 atom stereocenters. The molecule has 1 unspecified atom stereocenters. The number of hydrogen-bond donors (Lipinski definition) is 0. The van der Waals surface area contributed by atoms with E-state index in [1.54, 1.807) is 29.6 Å². The van der Waals surface area contributed by atoms with Crippen LogP contribution in [0.3, 0.4) is 0 Å². The van der Waals surface area contributed by atoms with Crippen LogP contribution in [0.5, 0.6) is 5.75 Å². The number of amides is 1. The molecule has 0 spiro atoms. The predicted octanol–water partition coefficient (Wildman–Crippen LogP) is 5.30. The van der Waals surface area contributed by atoms with Gasteiger partial charge >= 0.3 is 0 Å². The van der Waals surface area contributed by atoms with Crippen LogP contribution in [0.25, 0.3) is 11.0 Å². The summed E-state index contributed by atoms with van der Waals surface area (Å²) in [5, 5.41) is 2.97. The Morgan fingerprint density at radius 3 is 2.86 bits per heavy atom. The lowest BCUT2D eigenvalue weighted by Gasteiger charge is -2.23. The van der Waals surface area contributed by atoms with Crippen LogP contribution in [-0.2, 0) is 6.61 Å². The molecule has 0 fully saturated rings. The number of ether oxygens (including phenoxy) is 1. The van der Waals surface area contributed by atoms with Crippen molar-refractivity contribution in [2.45, 2.75) is 19.6 Å². The van der Waals surface area contributed by atoms with E-state index in [1.165, 1.54) is 11.3 Å². The third kappa shape index (κ3) is 3.77. The molecule has 4 rings (SSSR count). The molecule has 0 aliphatic carbocycles. The zero-order chi connectivity index (χ0) is 19.5. The molecule has 2 heterocycles. The molecular formula is C22H20N2O3S. The third-order valence-corrected chi connectivity index (χ3v) is 5.34. The highest BCUT2D eigenvalue weighted by atomic mass is 32.1. The van der Waals surface area contributed by atoms with Gasteiger partial charge in [-0.15, -0.1) is 11.3 Å². The molecule has 4 aromatic rings. The third-order valence-electron chi connectivity index (χ3n) is 4.71. The lowest BCUT2D eigenvalue weighted by atomic mass is 10.1. The Balaban J connectivity index is 1.48. The van der Waals surface area contributed by atoms with E-state index < -0.39 is 0 Å². The van der Waals surface area contributed by atoms with E-state index in [9.17, 15) is 4.79 Å². The van der Waals surface area contributed by atoms with Crippen molar-refractivity contribution in [1.82, 2.24) is 9.88 Å². The van der Waals surface area contributed by atoms with Gasteiger partial charge in [-0.1, -0.05) is 24.3 Å². The highest BCUT2D eigenvalue weighted by Crippen LogP contribution is 2.28. The molecule has 6 heteroatoms. The van der Waals surface area contributed by atoms with Crippen LogP contribution in [0.1, 0.15) is 34.8 Å². The fraction of sp³-hybridized carbons (Fsp3) is 0.182. The van der Waals surface area contributed by atoms with Gasteiger partial charge in [-0.25, -0.2) is 4.98 Å². The average Bonchev–Trinajstić information content (AvgIpc) is 3.40. The van der Waals surface area contributed by atoms with Gasteiger partial charge in [0.15, 0.2) is 0 Å². The summed E-state index contributed by atoms with van der Waals surface area (Å²) >= 11 is 1.53. The number of rotatable bonds is 6. The van der Waals surface area contributed by atoms with Crippen molar-refractivity contribution in [3.8, 4) is 5.75 Å². The average molecular weight is 392 g/mol. The normalized spacial score (nSPS) is 12.1. The Kier molecular flexibility index (Phi) is 5.12. The zero-order valence-corrected chi connectivity index (χ0v) is 16.5. The van der Waals surface area contributed by atoms with Gasteiger partial charge in [0.2, 0.25) is 0 Å². The van der Waals surface area contributed by atoms with E-state index >= 15 is 0 Å². The van der Waals surface area contributed by atoms with Gasteiger partial charge < -0.3 is 14.1 Å². The van der Waals surface area contributed by atoms with E-state index in [2.05, 4.69) is 4.98 Å². The number of thiazole rings is 1. The standard InChI is InChI=1S/C22H20N2O3S/c1-15(21-11-16-6-3-4-9-20(16)27-21)24(2)22(25)17-7-5-8-19(10-17)26-12-18-13-28-14-23-18/h3-11,13-15H,12H2,1-2H3. The number of furan rings is 1. The summed E-state index contributed by atoms with van der Waals surface area (Å²) in [5.41, 5.74) is 4.04. The Bertz CT molecular complexity index is 1060. The lowest BCUT2D eigenvalue weighted by Crippen LogP contribution is -2.29. The van der Waals surface area contributed by atoms with Crippen LogP contribution in [0.15, 0.2) is 69.9 Å². The minimum absolute atomic E-state index is 0.0907. The number of benzene rings is 2. The Hall–Kier alpha value is -3.12. The van der Waals surface area contributed by atoms with Crippen molar-refractivity contribution >= 4 is 28.2 Å². The van der Waals surface area contributed by atoms with Crippen LogP contribution in [0.4, 0.5) is 0 Å². The monoisotopic (exact) mass is 392 g/mol. The van der Waals surface area contributed by atoms with Crippen molar-refractivity contribution in [3.05, 3.63) is 82.5 Å². The Morgan fingerprint density at radius 1 is 1.21 bits per heavy atom. The molecule has 0 N–H and O–H groups in total. The van der Waals surface area contributed by atoms with Crippen LogP contribution < -0.4 is 4.74 Å². The molecule has 0 saturated heterocycles. The number of hydrogen-bond acceptors (Lipinski definition) is 5. The number of carbonyl (C=O) groups is 1. The molecule has 1 amide bonds. The first kappa shape index (κ1) is 18.3. The molecule has 5 nitrogen and oxygen atoms in total. The molecular weight excluding hydrogens is 372 g/mol. The van der Waals surface area contributed by atoms with Gasteiger partial charge in [-0.2, -0.15) is 0 Å². The number of fused-ring (bicyclic) bond motifs is 1. The largest absolute Gasteiger partial charge is 0.487 e. The Labute approximate surface area is 167 Å². The molecule has 0 aliphatic rings. The molecule has 0 aliphatic heterocycles. The second-order valence-electron chi connectivity index (χ2n) is 6.57. The molecule has 0 radical (unpaired) electrons.